The highest BCUT2D eigenvalue weighted by Gasteiger charge is 2.26. The second kappa shape index (κ2) is 6.23. The molecule has 1 aromatic carbocycles. The smallest absolute Gasteiger partial charge is 0.159 e. The number of hydrogen-bond acceptors (Lipinski definition) is 4. The molecule has 1 aliphatic heterocycles. The van der Waals surface area contributed by atoms with Gasteiger partial charge >= 0.3 is 0 Å². The van der Waals surface area contributed by atoms with Gasteiger partial charge in [0.15, 0.2) is 4.77 Å². The zero-order valence-electron chi connectivity index (χ0n) is 10.2. The Morgan fingerprint density at radius 2 is 1.94 bits per heavy atom. The molecule has 0 aliphatic carbocycles. The maximum atomic E-state index is 5.68. The minimum absolute atomic E-state index is 0.221. The van der Waals surface area contributed by atoms with Crippen molar-refractivity contribution >= 4 is 40.2 Å². The third-order valence-corrected chi connectivity index (χ3v) is 6.35. The molecule has 17 heavy (non-hydrogen) atoms. The van der Waals surface area contributed by atoms with Crippen molar-refractivity contribution in [3.8, 4) is 0 Å². The lowest BCUT2D eigenvalue weighted by Crippen LogP contribution is -1.98. The van der Waals surface area contributed by atoms with Crippen LogP contribution >= 0.6 is 35.3 Å². The summed E-state index contributed by atoms with van der Waals surface area (Å²) in [5.41, 5.74) is 2.61. The molecule has 4 heteroatoms. The number of ether oxygens (including phenoxy) is 1. The summed E-state index contributed by atoms with van der Waals surface area (Å²) in [6.45, 7) is 4.93. The molecule has 0 aromatic heterocycles. The van der Waals surface area contributed by atoms with Gasteiger partial charge in [-0.05, 0) is 25.7 Å². The lowest BCUT2D eigenvalue weighted by atomic mass is 10.1. The van der Waals surface area contributed by atoms with E-state index in [0.29, 0.717) is 0 Å². The van der Waals surface area contributed by atoms with Gasteiger partial charge in [0.05, 0.1) is 4.24 Å². The number of thioether (sulfide) groups is 3. The van der Waals surface area contributed by atoms with E-state index in [1.807, 2.05) is 42.2 Å². The lowest BCUT2D eigenvalue weighted by Gasteiger charge is -2.08. The van der Waals surface area contributed by atoms with Gasteiger partial charge in [0.25, 0.3) is 0 Å². The summed E-state index contributed by atoms with van der Waals surface area (Å²) in [6, 6.07) is 8.73. The van der Waals surface area contributed by atoms with Gasteiger partial charge in [-0.2, -0.15) is 0 Å². The van der Waals surface area contributed by atoms with Gasteiger partial charge in [0.2, 0.25) is 0 Å². The molecule has 1 aliphatic rings. The number of aryl methyl sites for hydroxylation is 1. The average molecular weight is 284 g/mol. The molecule has 0 N–H and O–H groups in total. The van der Waals surface area contributed by atoms with Gasteiger partial charge in [0.1, 0.15) is 0 Å². The molecule has 0 spiro atoms. The molecule has 0 saturated heterocycles. The van der Waals surface area contributed by atoms with Gasteiger partial charge in [0, 0.05) is 11.5 Å². The summed E-state index contributed by atoms with van der Waals surface area (Å²) in [7, 11) is 0. The van der Waals surface area contributed by atoms with E-state index in [0.717, 1.165) is 6.61 Å². The van der Waals surface area contributed by atoms with Crippen molar-refractivity contribution in [1.82, 2.24) is 0 Å². The normalized spacial score (nSPS) is 20.1. The van der Waals surface area contributed by atoms with E-state index in [1.165, 1.54) is 20.3 Å². The molecule has 1 aromatic rings. The highest BCUT2D eigenvalue weighted by molar-refractivity contribution is 8.34. The first-order chi connectivity index (χ1) is 8.24. The van der Waals surface area contributed by atoms with Gasteiger partial charge < -0.3 is 4.74 Å². The molecule has 0 radical (unpaired) electrons. The minimum Gasteiger partial charge on any atom is -0.357 e. The predicted octanol–water partition coefficient (Wildman–Crippen LogP) is 4.78. The van der Waals surface area contributed by atoms with Crippen LogP contribution in [0.1, 0.15) is 18.1 Å². The van der Waals surface area contributed by atoms with Gasteiger partial charge in [-0.1, -0.05) is 53.4 Å². The molecular formula is C13H16OS3. The van der Waals surface area contributed by atoms with Crippen LogP contribution < -0.4 is 0 Å². The van der Waals surface area contributed by atoms with Crippen LogP contribution in [-0.2, 0) is 4.74 Å². The third kappa shape index (κ3) is 3.25. The Labute approximate surface area is 116 Å². The lowest BCUT2D eigenvalue weighted by molar-refractivity contribution is 0.179. The summed E-state index contributed by atoms with van der Waals surface area (Å²) in [5.74, 6) is 0. The van der Waals surface area contributed by atoms with Gasteiger partial charge in [-0.3, -0.25) is 0 Å². The van der Waals surface area contributed by atoms with Gasteiger partial charge in [-0.25, -0.2) is 0 Å². The fourth-order valence-electron chi connectivity index (χ4n) is 1.55. The summed E-state index contributed by atoms with van der Waals surface area (Å²) in [5, 5.41) is 0. The number of rotatable bonds is 4. The van der Waals surface area contributed by atoms with Gasteiger partial charge in [-0.15, -0.1) is 11.8 Å². The number of hydrogen-bond donors (Lipinski definition) is 0. The van der Waals surface area contributed by atoms with Crippen LogP contribution in [-0.4, -0.2) is 17.6 Å². The molecule has 2 rings (SSSR count). The zero-order chi connectivity index (χ0) is 12.3. The first-order valence-electron chi connectivity index (χ1n) is 5.54. The topological polar surface area (TPSA) is 9.23 Å². The van der Waals surface area contributed by atoms with Crippen molar-refractivity contribution in [2.75, 3.05) is 12.9 Å². The predicted molar refractivity (Wildman–Crippen MR) is 82.2 cm³/mol. The molecule has 1 nitrogen and oxygen atoms in total. The van der Waals surface area contributed by atoms with E-state index in [2.05, 4.69) is 37.4 Å². The summed E-state index contributed by atoms with van der Waals surface area (Å²) >= 11 is 5.46. The van der Waals surface area contributed by atoms with Crippen LogP contribution in [0.4, 0.5) is 0 Å². The zero-order valence-corrected chi connectivity index (χ0v) is 12.7. The molecule has 0 saturated carbocycles. The molecule has 0 bridgehead atoms. The Balaban J connectivity index is 2.20. The van der Waals surface area contributed by atoms with E-state index in [9.17, 15) is 0 Å². The first-order valence-corrected chi connectivity index (χ1v) is 8.53. The Bertz CT molecular complexity index is 411. The SMILES string of the molecule is CCOC1SC(SC)=C(c2ccc(C)cc2)S1. The highest BCUT2D eigenvalue weighted by atomic mass is 32.2. The van der Waals surface area contributed by atoms with Crippen molar-refractivity contribution in [3.05, 3.63) is 39.6 Å². The maximum absolute atomic E-state index is 5.68. The second-order valence-electron chi connectivity index (χ2n) is 3.67. The van der Waals surface area contributed by atoms with Crippen LogP contribution in [0.2, 0.25) is 0 Å². The van der Waals surface area contributed by atoms with E-state index >= 15 is 0 Å². The van der Waals surface area contributed by atoms with Crippen molar-refractivity contribution in [2.45, 2.75) is 18.6 Å². The minimum atomic E-state index is 0.221. The van der Waals surface area contributed by atoms with Crippen LogP contribution in [0.25, 0.3) is 4.91 Å². The molecular weight excluding hydrogens is 268 g/mol. The van der Waals surface area contributed by atoms with E-state index < -0.39 is 0 Å². The van der Waals surface area contributed by atoms with Crippen LogP contribution in [0, 0.1) is 6.92 Å². The molecule has 92 valence electrons. The summed E-state index contributed by atoms with van der Waals surface area (Å²) in [4.78, 5) is 1.36. The Kier molecular flexibility index (Phi) is 4.91. The Morgan fingerprint density at radius 1 is 1.24 bits per heavy atom. The standard InChI is InChI=1S/C13H16OS3/c1-4-14-13-16-11(12(15-3)17-13)10-7-5-9(2)6-8-10/h5-8,13H,4H2,1-3H3. The van der Waals surface area contributed by atoms with Crippen molar-refractivity contribution in [3.63, 3.8) is 0 Å². The molecule has 0 fully saturated rings. The maximum Gasteiger partial charge on any atom is 0.159 e. The van der Waals surface area contributed by atoms with Crippen molar-refractivity contribution in [2.24, 2.45) is 0 Å². The average Bonchev–Trinajstić information content (AvgIpc) is 2.74. The van der Waals surface area contributed by atoms with Crippen molar-refractivity contribution < 1.29 is 4.74 Å². The van der Waals surface area contributed by atoms with E-state index in [-0.39, 0.29) is 4.77 Å². The van der Waals surface area contributed by atoms with Crippen LogP contribution in [0.5, 0.6) is 0 Å². The summed E-state index contributed by atoms with van der Waals surface area (Å²) in [6.07, 6.45) is 2.13. The largest absolute Gasteiger partial charge is 0.357 e. The Morgan fingerprint density at radius 3 is 2.53 bits per heavy atom. The molecule has 1 unspecified atom stereocenters. The van der Waals surface area contributed by atoms with Crippen LogP contribution in [0.15, 0.2) is 28.5 Å². The first kappa shape index (κ1) is 13.4. The fraction of sp³-hybridized carbons (Fsp3) is 0.385. The van der Waals surface area contributed by atoms with Crippen LogP contribution in [0.3, 0.4) is 0 Å². The van der Waals surface area contributed by atoms with Crippen molar-refractivity contribution in [1.29, 1.82) is 0 Å². The monoisotopic (exact) mass is 284 g/mol. The summed E-state index contributed by atoms with van der Waals surface area (Å²) < 4.78 is 7.27. The highest BCUT2D eigenvalue weighted by Crippen LogP contribution is 2.54. The Hall–Kier alpha value is -0.0300. The second-order valence-corrected chi connectivity index (χ2v) is 7.18. The number of benzene rings is 1. The third-order valence-electron chi connectivity index (χ3n) is 2.40. The molecule has 1 atom stereocenters. The quantitative estimate of drug-likeness (QED) is 0.786. The molecule has 1 heterocycles. The van der Waals surface area contributed by atoms with E-state index in [1.54, 1.807) is 0 Å². The molecule has 0 amide bonds. The van der Waals surface area contributed by atoms with E-state index in [4.69, 9.17) is 4.74 Å². The fourth-order valence-corrected chi connectivity index (χ4v) is 5.50.